The average molecular weight is 461 g/mol. The Morgan fingerprint density at radius 2 is 1.71 bits per heavy atom. The van der Waals surface area contributed by atoms with E-state index in [2.05, 4.69) is 15.4 Å². The van der Waals surface area contributed by atoms with Gasteiger partial charge in [-0.15, -0.1) is 0 Å². The molecule has 1 amide bonds. The second kappa shape index (κ2) is 9.90. The van der Waals surface area contributed by atoms with E-state index in [0.717, 1.165) is 16.3 Å². The van der Waals surface area contributed by atoms with Crippen LogP contribution in [0.25, 0.3) is 11.3 Å². The molecular formula is C24H20FN5O4. The van der Waals surface area contributed by atoms with E-state index in [1.807, 2.05) is 30.3 Å². The van der Waals surface area contributed by atoms with Crippen LogP contribution in [0.2, 0.25) is 0 Å². The molecule has 4 rings (SSSR count). The first-order valence-electron chi connectivity index (χ1n) is 10.4. The minimum Gasteiger partial charge on any atom is -0.350 e. The lowest BCUT2D eigenvalue weighted by Crippen LogP contribution is -2.41. The van der Waals surface area contributed by atoms with Crippen LogP contribution in [0.15, 0.2) is 87.3 Å². The highest BCUT2D eigenvalue weighted by molar-refractivity contribution is 5.93. The van der Waals surface area contributed by atoms with Gasteiger partial charge in [0.15, 0.2) is 0 Å². The molecule has 10 heteroatoms. The fourth-order valence-electron chi connectivity index (χ4n) is 3.36. The van der Waals surface area contributed by atoms with Gasteiger partial charge >= 0.3 is 5.69 Å². The van der Waals surface area contributed by atoms with Crippen LogP contribution in [0.5, 0.6) is 0 Å². The van der Waals surface area contributed by atoms with Crippen molar-refractivity contribution < 1.29 is 9.18 Å². The molecule has 0 aliphatic carbocycles. The number of carbonyl (C=O) groups is 1. The number of benzene rings is 2. The Morgan fingerprint density at radius 3 is 2.47 bits per heavy atom. The van der Waals surface area contributed by atoms with Crippen LogP contribution in [-0.2, 0) is 13.1 Å². The first-order valence-corrected chi connectivity index (χ1v) is 10.4. The highest BCUT2D eigenvalue weighted by Crippen LogP contribution is 2.13. The average Bonchev–Trinajstić information content (AvgIpc) is 2.84. The van der Waals surface area contributed by atoms with Crippen molar-refractivity contribution in [2.75, 3.05) is 6.54 Å². The van der Waals surface area contributed by atoms with Crippen molar-refractivity contribution in [3.8, 4) is 11.3 Å². The lowest BCUT2D eigenvalue weighted by molar-refractivity contribution is 0.0949. The van der Waals surface area contributed by atoms with E-state index in [4.69, 9.17) is 0 Å². The summed E-state index contributed by atoms with van der Waals surface area (Å²) in [5.41, 5.74) is -0.702. The molecule has 0 bridgehead atoms. The molecule has 0 spiro atoms. The first-order chi connectivity index (χ1) is 16.4. The van der Waals surface area contributed by atoms with E-state index >= 15 is 0 Å². The fourth-order valence-corrected chi connectivity index (χ4v) is 3.36. The molecule has 4 aromatic rings. The zero-order chi connectivity index (χ0) is 24.1. The van der Waals surface area contributed by atoms with Crippen molar-refractivity contribution in [2.24, 2.45) is 0 Å². The Balaban J connectivity index is 1.48. The van der Waals surface area contributed by atoms with Crippen molar-refractivity contribution in [1.82, 2.24) is 24.6 Å². The zero-order valence-corrected chi connectivity index (χ0v) is 17.9. The molecule has 0 aliphatic rings. The number of nitrogens with one attached hydrogen (secondary N) is 2. The van der Waals surface area contributed by atoms with Gasteiger partial charge in [0.2, 0.25) is 0 Å². The van der Waals surface area contributed by atoms with Crippen LogP contribution >= 0.6 is 0 Å². The Morgan fingerprint density at radius 1 is 0.971 bits per heavy atom. The summed E-state index contributed by atoms with van der Waals surface area (Å²) in [5.74, 6) is -1.31. The van der Waals surface area contributed by atoms with Crippen molar-refractivity contribution in [3.63, 3.8) is 0 Å². The molecule has 9 nitrogen and oxygen atoms in total. The molecule has 0 radical (unpaired) electrons. The van der Waals surface area contributed by atoms with Gasteiger partial charge in [0, 0.05) is 29.9 Å². The zero-order valence-electron chi connectivity index (χ0n) is 17.9. The Labute approximate surface area is 192 Å². The van der Waals surface area contributed by atoms with Crippen molar-refractivity contribution in [3.05, 3.63) is 121 Å². The smallest absolute Gasteiger partial charge is 0.328 e. The Bertz CT molecular complexity index is 1510. The predicted octanol–water partition coefficient (Wildman–Crippen LogP) is 1.38. The van der Waals surface area contributed by atoms with Crippen molar-refractivity contribution in [2.45, 2.75) is 13.1 Å². The number of rotatable bonds is 7. The fraction of sp³-hybridized carbons (Fsp3) is 0.125. The number of nitrogens with zero attached hydrogens (tertiary/aromatic N) is 3. The number of aromatic nitrogens is 4. The summed E-state index contributed by atoms with van der Waals surface area (Å²) < 4.78 is 15.9. The van der Waals surface area contributed by atoms with Crippen LogP contribution < -0.4 is 22.1 Å². The molecule has 172 valence electrons. The maximum absolute atomic E-state index is 14.0. The summed E-state index contributed by atoms with van der Waals surface area (Å²) in [6.45, 7) is -0.249. The Kier molecular flexibility index (Phi) is 6.58. The van der Waals surface area contributed by atoms with E-state index in [1.165, 1.54) is 28.9 Å². The molecule has 0 atom stereocenters. The van der Waals surface area contributed by atoms with Crippen molar-refractivity contribution >= 4 is 5.91 Å². The largest absolute Gasteiger partial charge is 0.350 e. The van der Waals surface area contributed by atoms with Gasteiger partial charge in [-0.3, -0.25) is 19.0 Å². The highest BCUT2D eigenvalue weighted by Gasteiger charge is 2.16. The molecule has 2 aromatic heterocycles. The number of amides is 1. The second-order valence-electron chi connectivity index (χ2n) is 7.39. The highest BCUT2D eigenvalue weighted by atomic mass is 19.1. The molecule has 2 N–H and O–H groups in total. The molecule has 2 aromatic carbocycles. The number of halogens is 1. The number of carbonyl (C=O) groups excluding carboxylic acids is 1. The maximum Gasteiger partial charge on any atom is 0.328 e. The van der Waals surface area contributed by atoms with Crippen LogP contribution in [-0.4, -0.2) is 31.8 Å². The molecule has 34 heavy (non-hydrogen) atoms. The van der Waals surface area contributed by atoms with Gasteiger partial charge in [0.25, 0.3) is 17.0 Å². The summed E-state index contributed by atoms with van der Waals surface area (Å²) in [4.78, 5) is 51.9. The molecule has 0 saturated carbocycles. The summed E-state index contributed by atoms with van der Waals surface area (Å²) in [7, 11) is 0. The molecule has 0 aliphatic heterocycles. The normalized spacial score (nSPS) is 10.7. The summed E-state index contributed by atoms with van der Waals surface area (Å²) >= 11 is 0. The lowest BCUT2D eigenvalue weighted by Gasteiger charge is -2.10. The third kappa shape index (κ3) is 4.90. The van der Waals surface area contributed by atoms with E-state index in [0.29, 0.717) is 5.69 Å². The van der Waals surface area contributed by atoms with Crippen LogP contribution in [0.1, 0.15) is 15.9 Å². The minimum absolute atomic E-state index is 0.00978. The second-order valence-corrected chi connectivity index (χ2v) is 7.39. The van der Waals surface area contributed by atoms with Gasteiger partial charge in [0.05, 0.1) is 18.8 Å². The maximum atomic E-state index is 14.0. The van der Waals surface area contributed by atoms with Gasteiger partial charge in [0.1, 0.15) is 11.4 Å². The summed E-state index contributed by atoms with van der Waals surface area (Å²) in [5, 5.41) is 6.86. The first kappa shape index (κ1) is 22.6. The monoisotopic (exact) mass is 461 g/mol. The van der Waals surface area contributed by atoms with E-state index in [-0.39, 0.29) is 36.3 Å². The number of hydrogen-bond donors (Lipinski definition) is 2. The predicted molar refractivity (Wildman–Crippen MR) is 123 cm³/mol. The van der Waals surface area contributed by atoms with Crippen LogP contribution in [0, 0.1) is 5.82 Å². The van der Waals surface area contributed by atoms with E-state index < -0.39 is 23.0 Å². The van der Waals surface area contributed by atoms with Gasteiger partial charge in [-0.05, 0) is 12.1 Å². The van der Waals surface area contributed by atoms with E-state index in [1.54, 1.807) is 12.1 Å². The minimum atomic E-state index is -0.856. The molecule has 0 fully saturated rings. The third-order valence-electron chi connectivity index (χ3n) is 5.14. The van der Waals surface area contributed by atoms with Gasteiger partial charge in [-0.1, -0.05) is 48.5 Å². The molecule has 0 saturated heterocycles. The topological polar surface area (TPSA) is 119 Å². The van der Waals surface area contributed by atoms with Gasteiger partial charge in [-0.25, -0.2) is 13.9 Å². The summed E-state index contributed by atoms with van der Waals surface area (Å²) in [6, 6.07) is 18.1. The van der Waals surface area contributed by atoms with Gasteiger partial charge in [-0.2, -0.15) is 5.10 Å². The summed E-state index contributed by atoms with van der Waals surface area (Å²) in [6.07, 6.45) is 1.01. The molecule has 2 heterocycles. The molecular weight excluding hydrogens is 441 g/mol. The van der Waals surface area contributed by atoms with Crippen molar-refractivity contribution in [1.29, 1.82) is 0 Å². The van der Waals surface area contributed by atoms with Crippen LogP contribution in [0.3, 0.4) is 0 Å². The Hall–Kier alpha value is -4.60. The SMILES string of the molecule is O=C(NCCn1nc(-c2ccccc2)ccc1=O)c1c[nH]c(=O)n(Cc2ccccc2F)c1=O. The van der Waals surface area contributed by atoms with E-state index in [9.17, 15) is 23.6 Å². The quantitative estimate of drug-likeness (QED) is 0.431. The number of H-pyrrole nitrogens is 1. The molecule has 0 unspecified atom stereocenters. The number of aromatic amines is 1. The van der Waals surface area contributed by atoms with Crippen LogP contribution in [0.4, 0.5) is 4.39 Å². The lowest BCUT2D eigenvalue weighted by atomic mass is 10.1. The standard InChI is InChI=1S/C24H20FN5O4/c25-19-9-5-4-8-17(19)15-29-23(33)18(14-27-24(29)34)22(32)26-12-13-30-21(31)11-10-20(28-30)16-6-2-1-3-7-16/h1-11,14H,12-13,15H2,(H,26,32)(H,27,34). The third-order valence-corrected chi connectivity index (χ3v) is 5.14. The number of hydrogen-bond acceptors (Lipinski definition) is 5. The van der Waals surface area contributed by atoms with Gasteiger partial charge < -0.3 is 10.3 Å².